The molecule has 0 saturated heterocycles. The summed E-state index contributed by atoms with van der Waals surface area (Å²) in [7, 11) is 0. The van der Waals surface area contributed by atoms with Crippen LogP contribution in [0.5, 0.6) is 0 Å². The molecule has 0 spiro atoms. The number of hydrogen-bond acceptors (Lipinski definition) is 2. The molecule has 2 fully saturated rings. The average Bonchev–Trinajstić information content (AvgIpc) is 2.37. The monoisotopic (exact) mass is 310 g/mol. The second-order valence-electron chi connectivity index (χ2n) is 9.15. The van der Waals surface area contributed by atoms with Gasteiger partial charge in [0, 0.05) is 6.42 Å². The van der Waals surface area contributed by atoms with Crippen LogP contribution >= 0.6 is 0 Å². The summed E-state index contributed by atoms with van der Waals surface area (Å²) in [5.74, 6) is 3.17. The maximum absolute atomic E-state index is 10.6. The average molecular weight is 311 g/mol. The number of aliphatic hydroxyl groups excluding tert-OH is 1. The van der Waals surface area contributed by atoms with Gasteiger partial charge in [-0.3, -0.25) is 0 Å². The van der Waals surface area contributed by atoms with E-state index in [2.05, 4.69) is 41.5 Å². The van der Waals surface area contributed by atoms with Crippen LogP contribution in [-0.2, 0) is 4.74 Å². The lowest BCUT2D eigenvalue weighted by atomic mass is 9.72. The molecule has 0 unspecified atom stereocenters. The Labute approximate surface area is 138 Å². The van der Waals surface area contributed by atoms with Gasteiger partial charge < -0.3 is 9.84 Å². The van der Waals surface area contributed by atoms with Crippen LogP contribution in [0, 0.1) is 29.6 Å². The van der Waals surface area contributed by atoms with E-state index in [-0.39, 0.29) is 11.7 Å². The molecular weight excluding hydrogens is 272 g/mol. The Kier molecular flexibility index (Phi) is 5.99. The van der Waals surface area contributed by atoms with Gasteiger partial charge in [-0.1, -0.05) is 41.0 Å². The summed E-state index contributed by atoms with van der Waals surface area (Å²) >= 11 is 0. The number of aliphatic hydroxyl groups is 1. The maximum Gasteiger partial charge on any atom is 0.0683 e. The van der Waals surface area contributed by atoms with Gasteiger partial charge in [-0.2, -0.15) is 0 Å². The van der Waals surface area contributed by atoms with Gasteiger partial charge in [-0.05, 0) is 62.2 Å². The molecule has 2 aliphatic rings. The fraction of sp³-hybridized carbons (Fsp3) is 1.00. The summed E-state index contributed by atoms with van der Waals surface area (Å²) < 4.78 is 6.70. The summed E-state index contributed by atoms with van der Waals surface area (Å²) in [4.78, 5) is 0. The van der Waals surface area contributed by atoms with Crippen LogP contribution in [0.2, 0.25) is 0 Å². The number of hydrogen-bond donors (Lipinski definition) is 1. The lowest BCUT2D eigenvalue weighted by Gasteiger charge is -2.47. The molecule has 22 heavy (non-hydrogen) atoms. The van der Waals surface area contributed by atoms with Crippen LogP contribution in [0.3, 0.4) is 0 Å². The summed E-state index contributed by atoms with van der Waals surface area (Å²) in [5, 5.41) is 10.6. The van der Waals surface area contributed by atoms with E-state index >= 15 is 0 Å². The quantitative estimate of drug-likeness (QED) is 0.788. The van der Waals surface area contributed by atoms with Crippen molar-refractivity contribution < 1.29 is 9.84 Å². The van der Waals surface area contributed by atoms with Crippen molar-refractivity contribution in [2.75, 3.05) is 0 Å². The topological polar surface area (TPSA) is 29.5 Å². The van der Waals surface area contributed by atoms with Crippen LogP contribution in [0.1, 0.15) is 80.1 Å². The van der Waals surface area contributed by atoms with Crippen LogP contribution in [-0.4, -0.2) is 22.9 Å². The lowest BCUT2D eigenvalue weighted by Crippen LogP contribution is -2.48. The minimum atomic E-state index is -0.197. The number of rotatable bonds is 4. The lowest BCUT2D eigenvalue weighted by molar-refractivity contribution is -0.169. The standard InChI is InChI=1S/C20H38O2/c1-13(2)16-9-10-20(6,12-18(16)21)22-19-11-15(5)7-8-17(19)14(3)4/h13-19,21H,7-12H2,1-6H3/t15-,16+,17+,18-,19-,20-/m0/s1. The maximum atomic E-state index is 10.6. The summed E-state index contributed by atoms with van der Waals surface area (Å²) in [5.41, 5.74) is -0.125. The summed E-state index contributed by atoms with van der Waals surface area (Å²) in [6.07, 6.45) is 7.04. The minimum absolute atomic E-state index is 0.125. The first kappa shape index (κ1) is 18.3. The largest absolute Gasteiger partial charge is 0.393 e. The molecule has 2 aliphatic carbocycles. The molecule has 0 aromatic carbocycles. The minimum Gasteiger partial charge on any atom is -0.393 e. The second-order valence-corrected chi connectivity index (χ2v) is 9.15. The number of ether oxygens (including phenoxy) is 1. The van der Waals surface area contributed by atoms with Crippen molar-refractivity contribution in [2.45, 2.75) is 97.9 Å². The molecule has 1 N–H and O–H groups in total. The van der Waals surface area contributed by atoms with Crippen molar-refractivity contribution >= 4 is 0 Å². The van der Waals surface area contributed by atoms with Gasteiger partial charge >= 0.3 is 0 Å². The van der Waals surface area contributed by atoms with Crippen molar-refractivity contribution in [1.82, 2.24) is 0 Å². The Morgan fingerprint density at radius 2 is 1.64 bits per heavy atom. The third-order valence-electron chi connectivity index (χ3n) is 6.40. The van der Waals surface area contributed by atoms with E-state index in [0.29, 0.717) is 29.8 Å². The van der Waals surface area contributed by atoms with Crippen LogP contribution in [0.25, 0.3) is 0 Å². The third kappa shape index (κ3) is 4.26. The Balaban J connectivity index is 2.01. The third-order valence-corrected chi connectivity index (χ3v) is 6.40. The van der Waals surface area contributed by atoms with Crippen molar-refractivity contribution in [1.29, 1.82) is 0 Å². The van der Waals surface area contributed by atoms with E-state index in [1.54, 1.807) is 0 Å². The molecule has 2 rings (SSSR count). The first-order chi connectivity index (χ1) is 10.2. The van der Waals surface area contributed by atoms with Crippen LogP contribution < -0.4 is 0 Å². The molecule has 2 heteroatoms. The molecule has 2 nitrogen and oxygen atoms in total. The van der Waals surface area contributed by atoms with Crippen molar-refractivity contribution in [2.24, 2.45) is 29.6 Å². The zero-order valence-electron chi connectivity index (χ0n) is 15.6. The molecule has 0 amide bonds. The molecule has 0 radical (unpaired) electrons. The van der Waals surface area contributed by atoms with Gasteiger partial charge in [0.2, 0.25) is 0 Å². The van der Waals surface area contributed by atoms with Gasteiger partial charge in [0.1, 0.15) is 0 Å². The predicted molar refractivity (Wildman–Crippen MR) is 92.8 cm³/mol. The SMILES string of the molecule is CC(C)[C@H]1CC[C@H](C)C[C@@H]1O[C@@]1(C)CC[C@H](C(C)C)[C@@H](O)C1. The van der Waals surface area contributed by atoms with Gasteiger partial charge in [-0.25, -0.2) is 0 Å². The molecule has 0 bridgehead atoms. The molecule has 2 saturated carbocycles. The van der Waals surface area contributed by atoms with E-state index < -0.39 is 0 Å². The first-order valence-electron chi connectivity index (χ1n) is 9.57. The summed E-state index contributed by atoms with van der Waals surface area (Å²) in [6.45, 7) is 13.7. The fourth-order valence-electron chi connectivity index (χ4n) is 4.86. The van der Waals surface area contributed by atoms with E-state index in [1.807, 2.05) is 0 Å². The summed E-state index contributed by atoms with van der Waals surface area (Å²) in [6, 6.07) is 0. The molecule has 0 heterocycles. The Hall–Kier alpha value is -0.0800. The first-order valence-corrected chi connectivity index (χ1v) is 9.57. The van der Waals surface area contributed by atoms with Crippen LogP contribution in [0.15, 0.2) is 0 Å². The normalized spacial score (nSPS) is 43.8. The van der Waals surface area contributed by atoms with Gasteiger partial charge in [0.25, 0.3) is 0 Å². The van der Waals surface area contributed by atoms with E-state index in [4.69, 9.17) is 4.74 Å². The second kappa shape index (κ2) is 7.21. The van der Waals surface area contributed by atoms with E-state index in [0.717, 1.165) is 25.2 Å². The van der Waals surface area contributed by atoms with Crippen molar-refractivity contribution in [3.05, 3.63) is 0 Å². The van der Waals surface area contributed by atoms with Gasteiger partial charge in [0.05, 0.1) is 17.8 Å². The molecule has 0 aromatic rings. The zero-order valence-corrected chi connectivity index (χ0v) is 15.6. The van der Waals surface area contributed by atoms with Crippen molar-refractivity contribution in [3.63, 3.8) is 0 Å². The highest BCUT2D eigenvalue weighted by atomic mass is 16.5. The molecular formula is C20H38O2. The molecule has 0 aromatic heterocycles. The van der Waals surface area contributed by atoms with E-state index in [1.165, 1.54) is 19.3 Å². The van der Waals surface area contributed by atoms with Gasteiger partial charge in [0.15, 0.2) is 0 Å². The Bertz CT molecular complexity index is 352. The molecule has 130 valence electrons. The highest BCUT2D eigenvalue weighted by Crippen LogP contribution is 2.43. The van der Waals surface area contributed by atoms with E-state index in [9.17, 15) is 5.11 Å². The predicted octanol–water partition coefficient (Wildman–Crippen LogP) is 5.04. The highest BCUT2D eigenvalue weighted by molar-refractivity contribution is 4.92. The molecule has 0 aliphatic heterocycles. The van der Waals surface area contributed by atoms with Crippen molar-refractivity contribution in [3.8, 4) is 0 Å². The smallest absolute Gasteiger partial charge is 0.0683 e. The fourth-order valence-corrected chi connectivity index (χ4v) is 4.86. The molecule has 6 atom stereocenters. The highest BCUT2D eigenvalue weighted by Gasteiger charge is 2.42. The Morgan fingerprint density at radius 1 is 1.00 bits per heavy atom. The van der Waals surface area contributed by atoms with Crippen LogP contribution in [0.4, 0.5) is 0 Å². The van der Waals surface area contributed by atoms with Gasteiger partial charge in [-0.15, -0.1) is 0 Å². The Morgan fingerprint density at radius 3 is 2.18 bits per heavy atom. The zero-order chi connectivity index (χ0) is 16.5.